The number of thiophene rings is 1. The number of carbonyl (C=O) groups is 1. The highest BCUT2D eigenvalue weighted by Gasteiger charge is 2.21. The van der Waals surface area contributed by atoms with Crippen molar-refractivity contribution in [3.63, 3.8) is 0 Å². The summed E-state index contributed by atoms with van der Waals surface area (Å²) in [7, 11) is 1.98. The van der Waals surface area contributed by atoms with Gasteiger partial charge in [-0.25, -0.2) is 0 Å². The second-order valence-corrected chi connectivity index (χ2v) is 7.89. The molecule has 1 aromatic heterocycles. The van der Waals surface area contributed by atoms with Crippen molar-refractivity contribution in [3.05, 3.63) is 46.3 Å². The summed E-state index contributed by atoms with van der Waals surface area (Å²) in [4.78, 5) is 15.7. The zero-order chi connectivity index (χ0) is 19.1. The van der Waals surface area contributed by atoms with E-state index in [1.807, 2.05) is 37.4 Å². The highest BCUT2D eigenvalue weighted by molar-refractivity contribution is 7.16. The summed E-state index contributed by atoms with van der Waals surface area (Å²) >= 11 is 1.57. The molecule has 6 heteroatoms. The number of hydrogen-bond donors (Lipinski definition) is 1. The van der Waals surface area contributed by atoms with Crippen LogP contribution in [-0.4, -0.2) is 37.6 Å². The summed E-state index contributed by atoms with van der Waals surface area (Å²) in [5.41, 5.74) is 1.83. The zero-order valence-corrected chi connectivity index (χ0v) is 16.5. The molecule has 27 heavy (non-hydrogen) atoms. The Morgan fingerprint density at radius 3 is 2.81 bits per heavy atom. The van der Waals surface area contributed by atoms with Crippen LogP contribution in [0.3, 0.4) is 0 Å². The Morgan fingerprint density at radius 2 is 2.04 bits per heavy atom. The van der Waals surface area contributed by atoms with E-state index in [4.69, 9.17) is 4.74 Å². The first kappa shape index (κ1) is 19.4. The van der Waals surface area contributed by atoms with Gasteiger partial charge in [-0.15, -0.1) is 11.3 Å². The van der Waals surface area contributed by atoms with Crippen LogP contribution in [0.25, 0.3) is 0 Å². The maximum Gasteiger partial charge on any atom is 0.226 e. The van der Waals surface area contributed by atoms with Gasteiger partial charge in [0, 0.05) is 24.4 Å². The monoisotopic (exact) mass is 383 g/mol. The SMILES string of the molecule is CN(CCOc1ccccc1)CCC(=O)Nc1sc2c(c1C#N)CCCC2. The Balaban J connectivity index is 1.43. The number of nitrogens with one attached hydrogen (secondary N) is 1. The van der Waals surface area contributed by atoms with Gasteiger partial charge in [0.1, 0.15) is 23.4 Å². The molecule has 1 aliphatic rings. The number of hydrogen-bond acceptors (Lipinski definition) is 5. The molecule has 0 saturated heterocycles. The van der Waals surface area contributed by atoms with E-state index in [9.17, 15) is 10.1 Å². The van der Waals surface area contributed by atoms with Crippen molar-refractivity contribution in [1.29, 1.82) is 5.26 Å². The van der Waals surface area contributed by atoms with Gasteiger partial charge < -0.3 is 15.0 Å². The molecule has 1 N–H and O–H groups in total. The topological polar surface area (TPSA) is 65.4 Å². The fourth-order valence-electron chi connectivity index (χ4n) is 3.20. The third kappa shape index (κ3) is 5.31. The standard InChI is InChI=1S/C21H25N3O2S/c1-24(13-14-26-16-7-3-2-4-8-16)12-11-20(25)23-21-18(15-22)17-9-5-6-10-19(17)27-21/h2-4,7-8H,5-6,9-14H2,1H3,(H,23,25). The lowest BCUT2D eigenvalue weighted by Gasteiger charge is -2.16. The quantitative estimate of drug-likeness (QED) is 0.752. The van der Waals surface area contributed by atoms with E-state index in [-0.39, 0.29) is 5.91 Å². The van der Waals surface area contributed by atoms with Crippen LogP contribution < -0.4 is 10.1 Å². The fraction of sp³-hybridized carbons (Fsp3) is 0.429. The first-order valence-electron chi connectivity index (χ1n) is 9.38. The molecule has 1 aliphatic carbocycles. The van der Waals surface area contributed by atoms with Crippen molar-refractivity contribution in [1.82, 2.24) is 4.90 Å². The number of likely N-dealkylation sites (N-methyl/N-ethyl adjacent to an activating group) is 1. The number of fused-ring (bicyclic) bond motifs is 1. The fourth-order valence-corrected chi connectivity index (χ4v) is 4.46. The summed E-state index contributed by atoms with van der Waals surface area (Å²) in [6.45, 7) is 1.98. The van der Waals surface area contributed by atoms with Crippen LogP contribution in [0.1, 0.15) is 35.3 Å². The number of rotatable bonds is 8. The molecule has 1 aromatic carbocycles. The van der Waals surface area contributed by atoms with Crippen molar-refractivity contribution in [3.8, 4) is 11.8 Å². The van der Waals surface area contributed by atoms with E-state index < -0.39 is 0 Å². The molecule has 0 spiro atoms. The Morgan fingerprint density at radius 1 is 1.26 bits per heavy atom. The Bertz CT molecular complexity index is 811. The number of benzene rings is 1. The molecule has 0 atom stereocenters. The van der Waals surface area contributed by atoms with Crippen molar-refractivity contribution in [2.24, 2.45) is 0 Å². The van der Waals surface area contributed by atoms with Crippen LogP contribution in [0, 0.1) is 11.3 Å². The summed E-state index contributed by atoms with van der Waals surface area (Å²) in [6, 6.07) is 12.0. The first-order chi connectivity index (χ1) is 13.2. The largest absolute Gasteiger partial charge is 0.492 e. The van der Waals surface area contributed by atoms with E-state index in [0.717, 1.165) is 42.1 Å². The average molecular weight is 384 g/mol. The minimum absolute atomic E-state index is 0.0408. The molecule has 142 valence electrons. The lowest BCUT2D eigenvalue weighted by Crippen LogP contribution is -2.28. The lowest BCUT2D eigenvalue weighted by atomic mass is 9.96. The minimum Gasteiger partial charge on any atom is -0.492 e. The Labute approximate surface area is 164 Å². The summed E-state index contributed by atoms with van der Waals surface area (Å²) in [6.07, 6.45) is 4.67. The normalized spacial score (nSPS) is 13.1. The predicted molar refractivity (Wildman–Crippen MR) is 108 cm³/mol. The first-order valence-corrected chi connectivity index (χ1v) is 10.2. The van der Waals surface area contributed by atoms with Crippen molar-refractivity contribution in [2.75, 3.05) is 32.1 Å². The molecule has 0 fully saturated rings. The van der Waals surface area contributed by atoms with E-state index in [1.165, 1.54) is 11.3 Å². The summed E-state index contributed by atoms with van der Waals surface area (Å²) in [5, 5.41) is 13.2. The second kappa shape index (κ2) is 9.54. The van der Waals surface area contributed by atoms with Gasteiger partial charge in [-0.2, -0.15) is 5.26 Å². The lowest BCUT2D eigenvalue weighted by molar-refractivity contribution is -0.116. The highest BCUT2D eigenvalue weighted by Crippen LogP contribution is 2.37. The number of nitrogens with zero attached hydrogens (tertiary/aromatic N) is 2. The number of aryl methyl sites for hydroxylation is 1. The molecular weight excluding hydrogens is 358 g/mol. The molecule has 3 rings (SSSR count). The minimum atomic E-state index is -0.0408. The van der Waals surface area contributed by atoms with E-state index in [1.54, 1.807) is 11.3 Å². The number of nitriles is 1. The van der Waals surface area contributed by atoms with E-state index >= 15 is 0 Å². The van der Waals surface area contributed by atoms with E-state index in [0.29, 0.717) is 25.1 Å². The van der Waals surface area contributed by atoms with Gasteiger partial charge in [0.25, 0.3) is 0 Å². The molecule has 0 bridgehead atoms. The molecular formula is C21H25N3O2S. The van der Waals surface area contributed by atoms with Crippen LogP contribution >= 0.6 is 11.3 Å². The predicted octanol–water partition coefficient (Wildman–Crippen LogP) is 3.84. The van der Waals surface area contributed by atoms with Gasteiger partial charge in [0.15, 0.2) is 0 Å². The van der Waals surface area contributed by atoms with Crippen LogP contribution in [-0.2, 0) is 17.6 Å². The summed E-state index contributed by atoms with van der Waals surface area (Å²) < 4.78 is 5.68. The van der Waals surface area contributed by atoms with Gasteiger partial charge in [0.2, 0.25) is 5.91 Å². The molecule has 0 unspecified atom stereocenters. The summed E-state index contributed by atoms with van der Waals surface area (Å²) in [5.74, 6) is 0.815. The average Bonchev–Trinajstić information content (AvgIpc) is 3.04. The van der Waals surface area contributed by atoms with Crippen molar-refractivity contribution in [2.45, 2.75) is 32.1 Å². The molecule has 5 nitrogen and oxygen atoms in total. The third-order valence-electron chi connectivity index (χ3n) is 4.74. The van der Waals surface area contributed by atoms with Gasteiger partial charge >= 0.3 is 0 Å². The second-order valence-electron chi connectivity index (χ2n) is 6.79. The maximum atomic E-state index is 12.3. The molecule has 0 radical (unpaired) electrons. The van der Waals surface area contributed by atoms with Crippen LogP contribution in [0.5, 0.6) is 5.75 Å². The number of para-hydroxylation sites is 1. The van der Waals surface area contributed by atoms with Crippen LogP contribution in [0.4, 0.5) is 5.00 Å². The molecule has 1 heterocycles. The number of carbonyl (C=O) groups excluding carboxylic acids is 1. The molecule has 2 aromatic rings. The smallest absolute Gasteiger partial charge is 0.226 e. The zero-order valence-electron chi connectivity index (χ0n) is 15.7. The van der Waals surface area contributed by atoms with Gasteiger partial charge in [-0.05, 0) is 50.4 Å². The number of anilines is 1. The number of ether oxygens (including phenoxy) is 1. The van der Waals surface area contributed by atoms with Gasteiger partial charge in [-0.1, -0.05) is 18.2 Å². The molecule has 0 aliphatic heterocycles. The highest BCUT2D eigenvalue weighted by atomic mass is 32.1. The Hall–Kier alpha value is -2.36. The van der Waals surface area contributed by atoms with Crippen molar-refractivity contribution >= 4 is 22.2 Å². The molecule has 0 saturated carbocycles. The van der Waals surface area contributed by atoms with Crippen LogP contribution in [0.2, 0.25) is 0 Å². The third-order valence-corrected chi connectivity index (χ3v) is 5.95. The Kier molecular flexibility index (Phi) is 6.86. The van der Waals surface area contributed by atoms with Crippen molar-refractivity contribution < 1.29 is 9.53 Å². The van der Waals surface area contributed by atoms with Gasteiger partial charge in [0.05, 0.1) is 5.56 Å². The molecule has 1 amide bonds. The van der Waals surface area contributed by atoms with E-state index in [2.05, 4.69) is 16.3 Å². The van der Waals surface area contributed by atoms with Crippen LogP contribution in [0.15, 0.2) is 30.3 Å². The number of amides is 1. The van der Waals surface area contributed by atoms with Gasteiger partial charge in [-0.3, -0.25) is 4.79 Å². The maximum absolute atomic E-state index is 12.3.